The van der Waals surface area contributed by atoms with Gasteiger partial charge < -0.3 is 15.0 Å². The topological polar surface area (TPSA) is 70.6 Å². The van der Waals surface area contributed by atoms with Crippen molar-refractivity contribution in [3.05, 3.63) is 52.1 Å². The van der Waals surface area contributed by atoms with Gasteiger partial charge >= 0.3 is 13.1 Å². The molecule has 3 N–H and O–H groups in total. The highest BCUT2D eigenvalue weighted by atomic mass is 32.2. The first-order valence-corrected chi connectivity index (χ1v) is 10.3. The van der Waals surface area contributed by atoms with Crippen LogP contribution in [-0.4, -0.2) is 18.2 Å². The van der Waals surface area contributed by atoms with Gasteiger partial charge in [-0.15, -0.1) is 0 Å². The number of amides is 2. The van der Waals surface area contributed by atoms with Gasteiger partial charge in [-0.05, 0) is 95.9 Å². The first kappa shape index (κ1) is 17.2. The molecular formula is C20H21BN2O3S. The fourth-order valence-electron chi connectivity index (χ4n) is 4.48. The van der Waals surface area contributed by atoms with Crippen LogP contribution in [0.5, 0.6) is 0 Å². The Bertz CT molecular complexity index is 902. The molecule has 27 heavy (non-hydrogen) atoms. The molecule has 1 aliphatic heterocycles. The smallest absolute Gasteiger partial charge is 0.423 e. The van der Waals surface area contributed by atoms with Gasteiger partial charge in [-0.3, -0.25) is 4.72 Å². The molecule has 0 saturated heterocycles. The number of benzene rings is 2. The molecule has 0 atom stereocenters. The number of fused-ring (bicyclic) bond motifs is 3. The van der Waals surface area contributed by atoms with Gasteiger partial charge in [-0.1, -0.05) is 12.1 Å². The largest absolute Gasteiger partial charge is 0.491 e. The van der Waals surface area contributed by atoms with Crippen LogP contribution in [0.4, 0.5) is 10.5 Å². The number of carbonyl (C=O) groups is 1. The number of hydrogen-bond donors (Lipinski definition) is 3. The van der Waals surface area contributed by atoms with Gasteiger partial charge in [-0.2, -0.15) is 0 Å². The van der Waals surface area contributed by atoms with Crippen molar-refractivity contribution in [3.63, 3.8) is 0 Å². The van der Waals surface area contributed by atoms with Crippen molar-refractivity contribution in [2.45, 2.75) is 50.0 Å². The zero-order valence-corrected chi connectivity index (χ0v) is 15.8. The molecule has 2 amide bonds. The fraction of sp³-hybridized carbons (Fsp3) is 0.350. The van der Waals surface area contributed by atoms with Crippen LogP contribution in [0.3, 0.4) is 0 Å². The number of urea groups is 1. The van der Waals surface area contributed by atoms with E-state index < -0.39 is 7.12 Å². The molecule has 5 nitrogen and oxygen atoms in total. The third-order valence-corrected chi connectivity index (χ3v) is 6.53. The van der Waals surface area contributed by atoms with Crippen molar-refractivity contribution in [3.8, 4) is 0 Å². The quantitative estimate of drug-likeness (QED) is 0.566. The van der Waals surface area contributed by atoms with E-state index in [1.165, 1.54) is 47.0 Å². The molecule has 138 valence electrons. The molecule has 0 fully saturated rings. The van der Waals surface area contributed by atoms with Gasteiger partial charge in [0.25, 0.3) is 0 Å². The van der Waals surface area contributed by atoms with E-state index in [4.69, 9.17) is 4.65 Å². The highest BCUT2D eigenvalue weighted by Gasteiger charge is 2.27. The highest BCUT2D eigenvalue weighted by Crippen LogP contribution is 2.38. The summed E-state index contributed by atoms with van der Waals surface area (Å²) in [7, 11) is -0.836. The average molecular weight is 380 g/mol. The summed E-state index contributed by atoms with van der Waals surface area (Å²) in [6, 6.07) is 7.87. The molecule has 7 heteroatoms. The lowest BCUT2D eigenvalue weighted by Gasteiger charge is -2.16. The fourth-order valence-corrected chi connectivity index (χ4v) is 5.08. The highest BCUT2D eigenvalue weighted by molar-refractivity contribution is 7.98. The Hall–Kier alpha value is -1.96. The lowest BCUT2D eigenvalue weighted by molar-refractivity contribution is 0.257. The van der Waals surface area contributed by atoms with Crippen LogP contribution in [0, 0.1) is 0 Å². The summed E-state index contributed by atoms with van der Waals surface area (Å²) in [4.78, 5) is 13.5. The van der Waals surface area contributed by atoms with Crippen molar-refractivity contribution < 1.29 is 14.5 Å². The van der Waals surface area contributed by atoms with E-state index in [0.29, 0.717) is 6.61 Å². The lowest BCUT2D eigenvalue weighted by Crippen LogP contribution is -2.28. The van der Waals surface area contributed by atoms with Gasteiger partial charge in [0.05, 0.1) is 6.61 Å². The predicted molar refractivity (Wildman–Crippen MR) is 107 cm³/mol. The minimum absolute atomic E-state index is 0.189. The van der Waals surface area contributed by atoms with Crippen molar-refractivity contribution in [2.24, 2.45) is 0 Å². The Morgan fingerprint density at radius 3 is 2.52 bits per heavy atom. The van der Waals surface area contributed by atoms with Crippen LogP contribution < -0.4 is 15.5 Å². The monoisotopic (exact) mass is 380 g/mol. The minimum Gasteiger partial charge on any atom is -0.423 e. The van der Waals surface area contributed by atoms with E-state index in [-0.39, 0.29) is 6.03 Å². The molecule has 5 rings (SSSR count). The number of aryl methyl sites for hydroxylation is 2. The summed E-state index contributed by atoms with van der Waals surface area (Å²) in [5, 5.41) is 12.8. The van der Waals surface area contributed by atoms with Crippen LogP contribution in [0.1, 0.15) is 40.7 Å². The summed E-state index contributed by atoms with van der Waals surface area (Å²) < 4.78 is 8.11. The number of anilines is 1. The predicted octanol–water partition coefficient (Wildman–Crippen LogP) is 2.71. The number of nitrogens with one attached hydrogen (secondary N) is 2. The zero-order valence-electron chi connectivity index (χ0n) is 15.0. The Balaban J connectivity index is 1.30. The summed E-state index contributed by atoms with van der Waals surface area (Å²) in [6.45, 7) is 0.402. The van der Waals surface area contributed by atoms with Crippen LogP contribution in [0.25, 0.3) is 0 Å². The summed E-state index contributed by atoms with van der Waals surface area (Å²) in [6.07, 6.45) is 6.70. The molecule has 1 heterocycles. The second-order valence-electron chi connectivity index (χ2n) is 7.42. The van der Waals surface area contributed by atoms with Crippen molar-refractivity contribution in [2.75, 3.05) is 5.32 Å². The average Bonchev–Trinajstić information content (AvgIpc) is 3.40. The van der Waals surface area contributed by atoms with Gasteiger partial charge in [0, 0.05) is 10.6 Å². The molecule has 0 saturated carbocycles. The van der Waals surface area contributed by atoms with Crippen molar-refractivity contribution in [1.29, 1.82) is 0 Å². The Morgan fingerprint density at radius 1 is 1.04 bits per heavy atom. The van der Waals surface area contributed by atoms with Crippen LogP contribution in [0.15, 0.2) is 29.2 Å². The van der Waals surface area contributed by atoms with E-state index >= 15 is 0 Å². The van der Waals surface area contributed by atoms with Gasteiger partial charge in [0.15, 0.2) is 0 Å². The van der Waals surface area contributed by atoms with Crippen LogP contribution >= 0.6 is 11.9 Å². The SMILES string of the molecule is O=C(NSc1ccc2c(c1)COB2O)Nc1c2c(cc3c1CCC3)CCC2. The molecule has 0 unspecified atom stereocenters. The third-order valence-electron chi connectivity index (χ3n) is 5.75. The Morgan fingerprint density at radius 2 is 1.78 bits per heavy atom. The van der Waals surface area contributed by atoms with Gasteiger partial charge in [0.2, 0.25) is 0 Å². The van der Waals surface area contributed by atoms with Gasteiger partial charge in [-0.25, -0.2) is 4.79 Å². The zero-order chi connectivity index (χ0) is 18.4. The molecule has 2 aliphatic carbocycles. The summed E-state index contributed by atoms with van der Waals surface area (Å²) >= 11 is 1.28. The van der Waals surface area contributed by atoms with E-state index in [2.05, 4.69) is 16.1 Å². The number of hydrogen-bond acceptors (Lipinski definition) is 4. The molecule has 2 aromatic rings. The molecular weight excluding hydrogens is 359 g/mol. The molecule has 2 aromatic carbocycles. The maximum absolute atomic E-state index is 12.6. The maximum atomic E-state index is 12.6. The maximum Gasteiger partial charge on any atom is 0.491 e. The first-order chi connectivity index (χ1) is 13.2. The third kappa shape index (κ3) is 3.14. The van der Waals surface area contributed by atoms with Crippen LogP contribution in [-0.2, 0) is 36.9 Å². The summed E-state index contributed by atoms with van der Waals surface area (Å²) in [5.41, 5.74) is 8.32. The van der Waals surface area contributed by atoms with Gasteiger partial charge in [0.1, 0.15) is 0 Å². The number of carbonyl (C=O) groups excluding carboxylic acids is 1. The second-order valence-corrected chi connectivity index (χ2v) is 8.30. The van der Waals surface area contributed by atoms with E-state index in [9.17, 15) is 9.82 Å². The second kappa shape index (κ2) is 6.89. The van der Waals surface area contributed by atoms with Crippen molar-refractivity contribution in [1.82, 2.24) is 4.72 Å². The molecule has 3 aliphatic rings. The summed E-state index contributed by atoms with van der Waals surface area (Å²) in [5.74, 6) is 0. The molecule has 0 bridgehead atoms. The van der Waals surface area contributed by atoms with E-state index in [1.807, 2.05) is 18.2 Å². The standard InChI is InChI=1S/C20H21BN2O3S/c24-20(23-27-15-7-8-18-14(10-15)11-26-21(18)25)22-19-16-5-1-3-12(16)9-13-4-2-6-17(13)19/h7-10,25H,1-6,11H2,(H2,22,23,24). The molecule has 0 radical (unpaired) electrons. The molecule has 0 spiro atoms. The van der Waals surface area contributed by atoms with Crippen molar-refractivity contribution >= 4 is 36.2 Å². The molecule has 0 aromatic heterocycles. The Kier molecular flexibility index (Phi) is 4.38. The first-order valence-electron chi connectivity index (χ1n) is 9.52. The Labute approximate surface area is 163 Å². The number of rotatable bonds is 3. The normalized spacial score (nSPS) is 16.9. The van der Waals surface area contributed by atoms with E-state index in [1.54, 1.807) is 0 Å². The minimum atomic E-state index is -0.836. The van der Waals surface area contributed by atoms with Crippen LogP contribution in [0.2, 0.25) is 0 Å². The lowest BCUT2D eigenvalue weighted by atomic mass is 9.80. The van der Waals surface area contributed by atoms with E-state index in [0.717, 1.165) is 47.3 Å².